The summed E-state index contributed by atoms with van der Waals surface area (Å²) in [4.78, 5) is 11.5. The van der Waals surface area contributed by atoms with Gasteiger partial charge in [0.1, 0.15) is 0 Å². The van der Waals surface area contributed by atoms with Gasteiger partial charge in [-0.05, 0) is 24.3 Å². The SMILES string of the molecule is C#CCNC(=O)CN(C)S(=O)(=O)c1ccc(Cl)cc1. The third-order valence-corrected chi connectivity index (χ3v) is 4.35. The van der Waals surface area contributed by atoms with Gasteiger partial charge in [-0.25, -0.2) is 8.42 Å². The molecule has 0 spiro atoms. The molecule has 0 aromatic heterocycles. The predicted molar refractivity (Wildman–Crippen MR) is 73.1 cm³/mol. The van der Waals surface area contributed by atoms with Gasteiger partial charge in [0.15, 0.2) is 0 Å². The standard InChI is InChI=1S/C12H13ClN2O3S/c1-3-8-14-12(16)9-15(2)19(17,18)11-6-4-10(13)5-7-11/h1,4-7H,8-9H2,2H3,(H,14,16). The maximum Gasteiger partial charge on any atom is 0.243 e. The molecule has 1 aromatic carbocycles. The lowest BCUT2D eigenvalue weighted by atomic mass is 10.4. The molecule has 0 aliphatic heterocycles. The molecule has 5 nitrogen and oxygen atoms in total. The summed E-state index contributed by atoms with van der Waals surface area (Å²) in [5.74, 6) is 1.77. The van der Waals surface area contributed by atoms with Crippen LogP contribution in [0.4, 0.5) is 0 Å². The summed E-state index contributed by atoms with van der Waals surface area (Å²) in [5.41, 5.74) is 0. The fraction of sp³-hybridized carbons (Fsp3) is 0.250. The van der Waals surface area contributed by atoms with Crippen LogP contribution in [0.25, 0.3) is 0 Å². The molecule has 102 valence electrons. The number of nitrogens with zero attached hydrogens (tertiary/aromatic N) is 1. The zero-order valence-electron chi connectivity index (χ0n) is 10.3. The van der Waals surface area contributed by atoms with Crippen molar-refractivity contribution in [2.24, 2.45) is 0 Å². The van der Waals surface area contributed by atoms with E-state index in [1.165, 1.54) is 31.3 Å². The summed E-state index contributed by atoms with van der Waals surface area (Å²) in [6.07, 6.45) is 4.99. The van der Waals surface area contributed by atoms with Crippen molar-refractivity contribution in [2.45, 2.75) is 4.90 Å². The number of halogens is 1. The van der Waals surface area contributed by atoms with E-state index in [9.17, 15) is 13.2 Å². The van der Waals surface area contributed by atoms with Gasteiger partial charge in [-0.3, -0.25) is 4.79 Å². The van der Waals surface area contributed by atoms with Crippen LogP contribution < -0.4 is 5.32 Å². The van der Waals surface area contributed by atoms with E-state index in [-0.39, 0.29) is 18.0 Å². The van der Waals surface area contributed by atoms with Crippen molar-refractivity contribution >= 4 is 27.5 Å². The Morgan fingerprint density at radius 3 is 2.53 bits per heavy atom. The Kier molecular flexibility index (Phi) is 5.36. The van der Waals surface area contributed by atoms with Crippen molar-refractivity contribution in [1.82, 2.24) is 9.62 Å². The van der Waals surface area contributed by atoms with E-state index >= 15 is 0 Å². The zero-order chi connectivity index (χ0) is 14.5. The molecule has 0 aliphatic rings. The molecule has 0 unspecified atom stereocenters. The number of hydrogen-bond acceptors (Lipinski definition) is 3. The summed E-state index contributed by atoms with van der Waals surface area (Å²) >= 11 is 5.69. The van der Waals surface area contributed by atoms with Crippen molar-refractivity contribution in [3.8, 4) is 12.3 Å². The number of rotatable bonds is 5. The van der Waals surface area contributed by atoms with Gasteiger partial charge in [0.2, 0.25) is 15.9 Å². The van der Waals surface area contributed by atoms with E-state index in [0.29, 0.717) is 5.02 Å². The van der Waals surface area contributed by atoms with Gasteiger partial charge in [0.25, 0.3) is 0 Å². The van der Waals surface area contributed by atoms with Gasteiger partial charge in [-0.1, -0.05) is 17.5 Å². The second kappa shape index (κ2) is 6.57. The summed E-state index contributed by atoms with van der Waals surface area (Å²) < 4.78 is 25.2. The molecule has 1 rings (SSSR count). The number of carbonyl (C=O) groups excluding carboxylic acids is 1. The molecule has 1 aromatic rings. The van der Waals surface area contributed by atoms with E-state index in [0.717, 1.165) is 4.31 Å². The van der Waals surface area contributed by atoms with Crippen LogP contribution in [0.15, 0.2) is 29.2 Å². The van der Waals surface area contributed by atoms with Gasteiger partial charge in [-0.15, -0.1) is 6.42 Å². The third kappa shape index (κ3) is 4.24. The van der Waals surface area contributed by atoms with Crippen molar-refractivity contribution in [1.29, 1.82) is 0 Å². The van der Waals surface area contributed by atoms with E-state index in [2.05, 4.69) is 11.2 Å². The first-order valence-corrected chi connectivity index (χ1v) is 7.12. The Morgan fingerprint density at radius 1 is 1.42 bits per heavy atom. The number of terminal acetylenes is 1. The molecule has 0 aliphatic carbocycles. The maximum atomic E-state index is 12.1. The highest BCUT2D eigenvalue weighted by atomic mass is 35.5. The zero-order valence-corrected chi connectivity index (χ0v) is 11.8. The molecule has 7 heteroatoms. The number of likely N-dealkylation sites (N-methyl/N-ethyl adjacent to an activating group) is 1. The number of hydrogen-bond donors (Lipinski definition) is 1. The second-order valence-electron chi connectivity index (χ2n) is 3.70. The minimum absolute atomic E-state index is 0.0632. The van der Waals surface area contributed by atoms with Crippen LogP contribution in [0.5, 0.6) is 0 Å². The third-order valence-electron chi connectivity index (χ3n) is 2.28. The Labute approximate surface area is 117 Å². The summed E-state index contributed by atoms with van der Waals surface area (Å²) in [6.45, 7) is -0.236. The number of nitrogens with one attached hydrogen (secondary N) is 1. The fourth-order valence-electron chi connectivity index (χ4n) is 1.28. The molecule has 0 atom stereocenters. The van der Waals surface area contributed by atoms with E-state index in [4.69, 9.17) is 18.0 Å². The Bertz CT molecular complexity index is 590. The fourth-order valence-corrected chi connectivity index (χ4v) is 2.53. The number of benzene rings is 1. The molecule has 0 bridgehead atoms. The number of amides is 1. The van der Waals surface area contributed by atoms with E-state index < -0.39 is 15.9 Å². The monoisotopic (exact) mass is 300 g/mol. The van der Waals surface area contributed by atoms with Gasteiger partial charge in [0.05, 0.1) is 18.0 Å². The van der Waals surface area contributed by atoms with Gasteiger partial charge >= 0.3 is 0 Å². The van der Waals surface area contributed by atoms with Crippen LogP contribution in [-0.4, -0.2) is 38.8 Å². The summed E-state index contributed by atoms with van der Waals surface area (Å²) in [7, 11) is -2.39. The highest BCUT2D eigenvalue weighted by molar-refractivity contribution is 7.89. The second-order valence-corrected chi connectivity index (χ2v) is 6.18. The molecular weight excluding hydrogens is 288 g/mol. The van der Waals surface area contributed by atoms with E-state index in [1.807, 2.05) is 0 Å². The molecular formula is C12H13ClN2O3S. The first-order valence-electron chi connectivity index (χ1n) is 5.30. The van der Waals surface area contributed by atoms with Crippen molar-refractivity contribution < 1.29 is 13.2 Å². The van der Waals surface area contributed by atoms with Crippen molar-refractivity contribution in [2.75, 3.05) is 20.1 Å². The van der Waals surface area contributed by atoms with Crippen molar-refractivity contribution in [3.05, 3.63) is 29.3 Å². The molecule has 0 saturated carbocycles. The molecule has 1 N–H and O–H groups in total. The summed E-state index contributed by atoms with van der Waals surface area (Å²) in [6, 6.07) is 5.71. The van der Waals surface area contributed by atoms with Gasteiger partial charge < -0.3 is 5.32 Å². The molecule has 0 fully saturated rings. The average Bonchev–Trinajstić information content (AvgIpc) is 2.36. The van der Waals surface area contributed by atoms with Gasteiger partial charge in [-0.2, -0.15) is 4.31 Å². The number of carbonyl (C=O) groups is 1. The largest absolute Gasteiger partial charge is 0.344 e. The molecule has 0 radical (unpaired) electrons. The molecule has 0 saturated heterocycles. The first kappa shape index (κ1) is 15.5. The quantitative estimate of drug-likeness (QED) is 0.815. The predicted octanol–water partition coefficient (Wildman–Crippen LogP) is 0.710. The minimum atomic E-state index is -3.71. The molecule has 0 heterocycles. The summed E-state index contributed by atoms with van der Waals surface area (Å²) in [5, 5.41) is 2.83. The molecule has 19 heavy (non-hydrogen) atoms. The highest BCUT2D eigenvalue weighted by Crippen LogP contribution is 2.17. The normalized spacial score (nSPS) is 11.1. The van der Waals surface area contributed by atoms with Crippen LogP contribution in [0.1, 0.15) is 0 Å². The van der Waals surface area contributed by atoms with Crippen LogP contribution in [0.2, 0.25) is 5.02 Å². The Morgan fingerprint density at radius 2 is 2.00 bits per heavy atom. The molecule has 1 amide bonds. The van der Waals surface area contributed by atoms with Crippen LogP contribution >= 0.6 is 11.6 Å². The van der Waals surface area contributed by atoms with Gasteiger partial charge in [0, 0.05) is 12.1 Å². The maximum absolute atomic E-state index is 12.1. The number of sulfonamides is 1. The van der Waals surface area contributed by atoms with Crippen LogP contribution in [-0.2, 0) is 14.8 Å². The Balaban J connectivity index is 2.80. The Hall–Kier alpha value is -1.55. The van der Waals surface area contributed by atoms with Crippen LogP contribution in [0, 0.1) is 12.3 Å². The lowest BCUT2D eigenvalue weighted by Gasteiger charge is -2.16. The topological polar surface area (TPSA) is 66.5 Å². The minimum Gasteiger partial charge on any atom is -0.344 e. The van der Waals surface area contributed by atoms with Crippen molar-refractivity contribution in [3.63, 3.8) is 0 Å². The highest BCUT2D eigenvalue weighted by Gasteiger charge is 2.22. The lowest BCUT2D eigenvalue weighted by Crippen LogP contribution is -2.38. The first-order chi connectivity index (χ1) is 8.87. The van der Waals surface area contributed by atoms with E-state index in [1.54, 1.807) is 0 Å². The lowest BCUT2D eigenvalue weighted by molar-refractivity contribution is -0.120. The van der Waals surface area contributed by atoms with Crippen LogP contribution in [0.3, 0.4) is 0 Å². The average molecular weight is 301 g/mol. The smallest absolute Gasteiger partial charge is 0.243 e.